The zero-order chi connectivity index (χ0) is 21.3. The minimum absolute atomic E-state index is 0.107. The molecule has 3 aromatic rings. The van der Waals surface area contributed by atoms with E-state index in [1.807, 2.05) is 6.92 Å². The van der Waals surface area contributed by atoms with Gasteiger partial charge >= 0.3 is 6.03 Å². The Bertz CT molecular complexity index is 1080. The van der Waals surface area contributed by atoms with E-state index in [0.29, 0.717) is 29.1 Å². The van der Waals surface area contributed by atoms with E-state index < -0.39 is 11.6 Å². The number of amides is 3. The van der Waals surface area contributed by atoms with Crippen LogP contribution in [-0.4, -0.2) is 28.9 Å². The van der Waals surface area contributed by atoms with Crippen molar-refractivity contribution in [3.8, 4) is 17.1 Å². The molecule has 1 aliphatic rings. The topological polar surface area (TPSA) is 84.7 Å². The van der Waals surface area contributed by atoms with Crippen molar-refractivity contribution in [2.45, 2.75) is 25.4 Å². The zero-order valence-electron chi connectivity index (χ0n) is 16.5. The molecular formula is C22H20FN3O4. The van der Waals surface area contributed by atoms with Gasteiger partial charge in [-0.2, -0.15) is 0 Å². The highest BCUT2D eigenvalue weighted by Crippen LogP contribution is 2.34. The summed E-state index contributed by atoms with van der Waals surface area (Å²) in [6.07, 6.45) is 1.87. The van der Waals surface area contributed by atoms with Gasteiger partial charge in [0.05, 0.1) is 13.3 Å². The minimum Gasteiger partial charge on any atom is -0.497 e. The van der Waals surface area contributed by atoms with E-state index in [1.54, 1.807) is 43.5 Å². The van der Waals surface area contributed by atoms with Crippen LogP contribution in [0.25, 0.3) is 11.3 Å². The Morgan fingerprint density at radius 3 is 2.47 bits per heavy atom. The Kier molecular flexibility index (Phi) is 4.99. The smallest absolute Gasteiger partial charge is 0.325 e. The molecule has 0 spiro atoms. The highest BCUT2D eigenvalue weighted by Gasteiger charge is 2.51. The molecular weight excluding hydrogens is 389 g/mol. The summed E-state index contributed by atoms with van der Waals surface area (Å²) >= 11 is 0. The lowest BCUT2D eigenvalue weighted by atomic mass is 9.87. The van der Waals surface area contributed by atoms with Crippen LogP contribution in [0.4, 0.5) is 9.18 Å². The molecule has 0 unspecified atom stereocenters. The number of aromatic nitrogens is 1. The number of nitrogens with zero attached hydrogens (tertiary/aromatic N) is 2. The number of benzene rings is 2. The first kappa shape index (κ1) is 19.6. The molecule has 0 bridgehead atoms. The molecule has 2 heterocycles. The summed E-state index contributed by atoms with van der Waals surface area (Å²) in [5, 5.41) is 2.82. The van der Waals surface area contributed by atoms with Gasteiger partial charge in [-0.05, 0) is 48.4 Å². The number of hydrogen-bond acceptors (Lipinski definition) is 5. The van der Waals surface area contributed by atoms with Gasteiger partial charge in [-0.25, -0.2) is 14.2 Å². The molecule has 8 heteroatoms. The van der Waals surface area contributed by atoms with Gasteiger partial charge in [0.2, 0.25) is 5.89 Å². The van der Waals surface area contributed by atoms with Crippen LogP contribution in [-0.2, 0) is 16.9 Å². The van der Waals surface area contributed by atoms with Gasteiger partial charge in [0.15, 0.2) is 5.76 Å². The Balaban J connectivity index is 1.57. The van der Waals surface area contributed by atoms with E-state index in [0.717, 1.165) is 4.90 Å². The molecule has 2 aromatic carbocycles. The summed E-state index contributed by atoms with van der Waals surface area (Å²) < 4.78 is 24.0. The van der Waals surface area contributed by atoms with Gasteiger partial charge in [-0.1, -0.05) is 19.1 Å². The lowest BCUT2D eigenvalue weighted by molar-refractivity contribution is -0.132. The summed E-state index contributed by atoms with van der Waals surface area (Å²) in [7, 11) is 1.56. The van der Waals surface area contributed by atoms with E-state index in [4.69, 9.17) is 9.15 Å². The quantitative estimate of drug-likeness (QED) is 0.625. The average Bonchev–Trinajstić information content (AvgIpc) is 3.33. The van der Waals surface area contributed by atoms with Crippen molar-refractivity contribution in [1.82, 2.24) is 15.2 Å². The van der Waals surface area contributed by atoms with Crippen LogP contribution < -0.4 is 10.1 Å². The van der Waals surface area contributed by atoms with Gasteiger partial charge < -0.3 is 14.5 Å². The van der Waals surface area contributed by atoms with E-state index >= 15 is 0 Å². The molecule has 30 heavy (non-hydrogen) atoms. The average molecular weight is 409 g/mol. The molecule has 0 aliphatic carbocycles. The van der Waals surface area contributed by atoms with E-state index in [-0.39, 0.29) is 24.2 Å². The number of urea groups is 1. The fourth-order valence-electron chi connectivity index (χ4n) is 3.55. The third kappa shape index (κ3) is 3.30. The van der Waals surface area contributed by atoms with Crippen molar-refractivity contribution < 1.29 is 23.1 Å². The molecule has 0 radical (unpaired) electrons. The first-order chi connectivity index (χ1) is 14.5. The Labute approximate surface area is 172 Å². The van der Waals surface area contributed by atoms with Crippen molar-refractivity contribution >= 4 is 11.9 Å². The lowest BCUT2D eigenvalue weighted by Gasteiger charge is -2.25. The molecule has 1 aliphatic heterocycles. The van der Waals surface area contributed by atoms with Crippen LogP contribution in [0, 0.1) is 5.82 Å². The van der Waals surface area contributed by atoms with Gasteiger partial charge in [-0.15, -0.1) is 0 Å². The maximum Gasteiger partial charge on any atom is 0.325 e. The largest absolute Gasteiger partial charge is 0.497 e. The fraction of sp³-hybridized carbons (Fsp3) is 0.227. The minimum atomic E-state index is -1.16. The summed E-state index contributed by atoms with van der Waals surface area (Å²) in [5.41, 5.74) is 0.162. The van der Waals surface area contributed by atoms with Crippen molar-refractivity contribution in [2.24, 2.45) is 0 Å². The second-order valence-electron chi connectivity index (χ2n) is 6.93. The third-order valence-electron chi connectivity index (χ3n) is 5.26. The molecule has 1 fully saturated rings. The van der Waals surface area contributed by atoms with Gasteiger partial charge in [-0.3, -0.25) is 9.69 Å². The number of carbonyl (C=O) groups excluding carboxylic acids is 2. The number of halogens is 1. The molecule has 1 saturated heterocycles. The SMILES string of the molecule is CC[C@@]1(c2ccc(OC)cc2)NC(=O)N(Cc2ncc(-c3ccc(F)cc3)o2)C1=O. The van der Waals surface area contributed by atoms with Crippen LogP contribution in [0.15, 0.2) is 59.1 Å². The lowest BCUT2D eigenvalue weighted by Crippen LogP contribution is -2.43. The standard InChI is InChI=1S/C22H20FN3O4/c1-3-22(15-6-10-17(29-2)11-7-15)20(27)26(21(28)25-22)13-19-24-12-18(30-19)14-4-8-16(23)9-5-14/h4-12H,3,13H2,1-2H3,(H,25,28)/t22-/m0/s1. The monoisotopic (exact) mass is 409 g/mol. The van der Waals surface area contributed by atoms with Crippen LogP contribution >= 0.6 is 0 Å². The second-order valence-corrected chi connectivity index (χ2v) is 6.93. The predicted octanol–water partition coefficient (Wildman–Crippen LogP) is 3.85. The number of carbonyl (C=O) groups is 2. The highest BCUT2D eigenvalue weighted by atomic mass is 19.1. The first-order valence-electron chi connectivity index (χ1n) is 9.46. The summed E-state index contributed by atoms with van der Waals surface area (Å²) in [5.74, 6) is 0.564. The zero-order valence-corrected chi connectivity index (χ0v) is 16.5. The predicted molar refractivity (Wildman–Crippen MR) is 106 cm³/mol. The third-order valence-corrected chi connectivity index (χ3v) is 5.26. The maximum atomic E-state index is 13.2. The number of nitrogens with one attached hydrogen (secondary N) is 1. The summed E-state index contributed by atoms with van der Waals surface area (Å²) in [6, 6.07) is 12.3. The first-order valence-corrected chi connectivity index (χ1v) is 9.46. The molecule has 154 valence electrons. The number of rotatable bonds is 6. The van der Waals surface area contributed by atoms with E-state index in [1.165, 1.54) is 18.3 Å². The van der Waals surface area contributed by atoms with Crippen molar-refractivity contribution in [3.63, 3.8) is 0 Å². The highest BCUT2D eigenvalue weighted by molar-refractivity contribution is 6.07. The van der Waals surface area contributed by atoms with Gasteiger partial charge in [0.1, 0.15) is 23.7 Å². The molecule has 1 atom stereocenters. The van der Waals surface area contributed by atoms with Crippen LogP contribution in [0.3, 0.4) is 0 Å². The summed E-state index contributed by atoms with van der Waals surface area (Å²) in [6.45, 7) is 1.73. The summed E-state index contributed by atoms with van der Waals surface area (Å²) in [4.78, 5) is 31.1. The number of oxazole rings is 1. The van der Waals surface area contributed by atoms with E-state index in [2.05, 4.69) is 10.3 Å². The Morgan fingerprint density at radius 1 is 1.13 bits per heavy atom. The number of ether oxygens (including phenoxy) is 1. The second kappa shape index (κ2) is 7.62. The molecule has 7 nitrogen and oxygen atoms in total. The van der Waals surface area contributed by atoms with Crippen LogP contribution in [0.5, 0.6) is 5.75 Å². The normalized spacial score (nSPS) is 18.6. The molecule has 4 rings (SSSR count). The molecule has 1 aromatic heterocycles. The fourth-order valence-corrected chi connectivity index (χ4v) is 3.55. The number of imide groups is 1. The van der Waals surface area contributed by atoms with Gasteiger partial charge in [0, 0.05) is 5.56 Å². The van der Waals surface area contributed by atoms with Crippen molar-refractivity contribution in [1.29, 1.82) is 0 Å². The Hall–Kier alpha value is -3.68. The number of methoxy groups -OCH3 is 1. The van der Waals surface area contributed by atoms with Crippen molar-refractivity contribution in [3.05, 3.63) is 72.0 Å². The molecule has 1 N–H and O–H groups in total. The van der Waals surface area contributed by atoms with Gasteiger partial charge in [0.25, 0.3) is 5.91 Å². The van der Waals surface area contributed by atoms with Crippen LogP contribution in [0.2, 0.25) is 0 Å². The van der Waals surface area contributed by atoms with Crippen molar-refractivity contribution in [2.75, 3.05) is 7.11 Å². The number of hydrogen-bond donors (Lipinski definition) is 1. The van der Waals surface area contributed by atoms with E-state index in [9.17, 15) is 14.0 Å². The maximum absolute atomic E-state index is 13.2. The molecule has 3 amide bonds. The van der Waals surface area contributed by atoms with Crippen LogP contribution in [0.1, 0.15) is 24.8 Å². The molecule has 0 saturated carbocycles. The Morgan fingerprint density at radius 2 is 1.83 bits per heavy atom.